The molecule has 5 aromatic rings. The summed E-state index contributed by atoms with van der Waals surface area (Å²) in [5, 5.41) is 8.54. The number of nitrogens with zero attached hydrogens (tertiary/aromatic N) is 4. The molecule has 182 valence electrons. The first-order valence-electron chi connectivity index (χ1n) is 11.9. The molecule has 0 fully saturated rings. The predicted molar refractivity (Wildman–Crippen MR) is 153 cm³/mol. The second-order valence-electron chi connectivity index (χ2n) is 8.76. The third-order valence-corrected chi connectivity index (χ3v) is 7.25. The molecule has 0 radical (unpaired) electrons. The van der Waals surface area contributed by atoms with Gasteiger partial charge in [-0.1, -0.05) is 88.2 Å². The van der Waals surface area contributed by atoms with Gasteiger partial charge >= 0.3 is 0 Å². The molecule has 5 nitrogen and oxygen atoms in total. The van der Waals surface area contributed by atoms with Gasteiger partial charge in [-0.2, -0.15) is 5.10 Å². The maximum absolute atomic E-state index is 6.37. The Kier molecular flexibility index (Phi) is 6.37. The Morgan fingerprint density at radius 3 is 2.41 bits per heavy atom. The van der Waals surface area contributed by atoms with E-state index in [1.807, 2.05) is 83.9 Å². The summed E-state index contributed by atoms with van der Waals surface area (Å²) in [6.07, 6.45) is 0.685. The molecule has 6 rings (SSSR count). The lowest BCUT2D eigenvalue weighted by molar-refractivity contribution is 0.405. The summed E-state index contributed by atoms with van der Waals surface area (Å²) < 4.78 is 6.76. The standard InChI is InChI=1S/C30H22BrClN4O/c1-37-28-10-6-5-9-23(28)27-18-26(19-11-13-21(31)14-12-19)35-36(27)30-33-25-16-15-22(32)17-24(25)29(34-30)20-7-3-2-4-8-20/h2-17,27H,18H2,1H3/t27-/m1/s1. The number of methoxy groups -OCH3 is 1. The van der Waals surface area contributed by atoms with Crippen molar-refractivity contribution in [1.82, 2.24) is 9.97 Å². The van der Waals surface area contributed by atoms with E-state index >= 15 is 0 Å². The molecule has 2 heterocycles. The third-order valence-electron chi connectivity index (χ3n) is 6.48. The number of ether oxygens (including phenoxy) is 1. The summed E-state index contributed by atoms with van der Waals surface area (Å²) in [6, 6.07) is 31.9. The normalized spacial score (nSPS) is 15.2. The Bertz CT molecular complexity index is 1620. The Labute approximate surface area is 228 Å². The van der Waals surface area contributed by atoms with Crippen LogP contribution in [-0.4, -0.2) is 22.8 Å². The Morgan fingerprint density at radius 1 is 0.865 bits per heavy atom. The Morgan fingerprint density at radius 2 is 1.62 bits per heavy atom. The van der Waals surface area contributed by atoms with E-state index < -0.39 is 0 Å². The molecule has 1 atom stereocenters. The van der Waals surface area contributed by atoms with E-state index in [1.165, 1.54) is 0 Å². The Balaban J connectivity index is 1.55. The summed E-state index contributed by atoms with van der Waals surface area (Å²) in [7, 11) is 1.69. The van der Waals surface area contributed by atoms with Gasteiger partial charge in [0, 0.05) is 32.4 Å². The zero-order valence-electron chi connectivity index (χ0n) is 20.0. The van der Waals surface area contributed by atoms with Crippen molar-refractivity contribution in [2.24, 2.45) is 5.10 Å². The van der Waals surface area contributed by atoms with Gasteiger partial charge in [-0.15, -0.1) is 0 Å². The smallest absolute Gasteiger partial charge is 0.247 e. The number of rotatable bonds is 5. The van der Waals surface area contributed by atoms with Crippen LogP contribution >= 0.6 is 27.5 Å². The fraction of sp³-hybridized carbons (Fsp3) is 0.100. The van der Waals surface area contributed by atoms with Crippen LogP contribution in [0.15, 0.2) is 107 Å². The molecule has 0 amide bonds. The number of halogens is 2. The molecule has 0 bridgehead atoms. The van der Waals surface area contributed by atoms with Gasteiger partial charge < -0.3 is 4.74 Å². The fourth-order valence-corrected chi connectivity index (χ4v) is 5.14. The van der Waals surface area contributed by atoms with E-state index in [0.717, 1.165) is 49.2 Å². The molecule has 0 N–H and O–H groups in total. The van der Waals surface area contributed by atoms with E-state index in [-0.39, 0.29) is 6.04 Å². The zero-order chi connectivity index (χ0) is 25.4. The van der Waals surface area contributed by atoms with Crippen molar-refractivity contribution in [1.29, 1.82) is 0 Å². The van der Waals surface area contributed by atoms with Crippen molar-refractivity contribution in [3.8, 4) is 17.0 Å². The van der Waals surface area contributed by atoms with Gasteiger partial charge in [0.15, 0.2) is 0 Å². The molecule has 1 aromatic heterocycles. The predicted octanol–water partition coefficient (Wildman–Crippen LogP) is 8.08. The van der Waals surface area contributed by atoms with Gasteiger partial charge in [-0.3, -0.25) is 0 Å². The van der Waals surface area contributed by atoms with E-state index in [4.69, 9.17) is 31.4 Å². The molecule has 0 saturated carbocycles. The van der Waals surface area contributed by atoms with Crippen LogP contribution in [0.2, 0.25) is 5.02 Å². The van der Waals surface area contributed by atoms with Crippen LogP contribution in [-0.2, 0) is 0 Å². The average Bonchev–Trinajstić information content (AvgIpc) is 3.38. The number of anilines is 1. The molecule has 1 aliphatic rings. The van der Waals surface area contributed by atoms with Gasteiger partial charge in [-0.05, 0) is 42.0 Å². The molecule has 0 aliphatic carbocycles. The van der Waals surface area contributed by atoms with Gasteiger partial charge in [-0.25, -0.2) is 15.0 Å². The number of aromatic nitrogens is 2. The molecule has 7 heteroatoms. The molecule has 4 aromatic carbocycles. The monoisotopic (exact) mass is 568 g/mol. The first-order valence-corrected chi connectivity index (χ1v) is 13.1. The summed E-state index contributed by atoms with van der Waals surface area (Å²) in [6.45, 7) is 0. The van der Waals surface area contributed by atoms with Crippen molar-refractivity contribution in [2.45, 2.75) is 12.5 Å². The van der Waals surface area contributed by atoms with Crippen LogP contribution in [0, 0.1) is 0 Å². The second-order valence-corrected chi connectivity index (χ2v) is 10.1. The van der Waals surface area contributed by atoms with Crippen LogP contribution in [0.1, 0.15) is 23.6 Å². The molecular formula is C30H22BrClN4O. The molecule has 0 spiro atoms. The highest BCUT2D eigenvalue weighted by Crippen LogP contribution is 2.40. The van der Waals surface area contributed by atoms with Crippen LogP contribution < -0.4 is 9.75 Å². The largest absolute Gasteiger partial charge is 0.496 e. The zero-order valence-corrected chi connectivity index (χ0v) is 22.3. The van der Waals surface area contributed by atoms with E-state index in [9.17, 15) is 0 Å². The van der Waals surface area contributed by atoms with Crippen molar-refractivity contribution >= 4 is 50.1 Å². The number of hydrazone groups is 1. The number of benzene rings is 4. The van der Waals surface area contributed by atoms with Crippen LogP contribution in [0.3, 0.4) is 0 Å². The minimum absolute atomic E-state index is 0.136. The molecule has 37 heavy (non-hydrogen) atoms. The van der Waals surface area contributed by atoms with Crippen LogP contribution in [0.25, 0.3) is 22.2 Å². The lowest BCUT2D eigenvalue weighted by atomic mass is 9.98. The summed E-state index contributed by atoms with van der Waals surface area (Å²) >= 11 is 9.91. The average molecular weight is 570 g/mol. The maximum Gasteiger partial charge on any atom is 0.247 e. The van der Waals surface area contributed by atoms with Gasteiger partial charge in [0.25, 0.3) is 0 Å². The van der Waals surface area contributed by atoms with Crippen molar-refractivity contribution < 1.29 is 4.74 Å². The van der Waals surface area contributed by atoms with Crippen molar-refractivity contribution in [3.63, 3.8) is 0 Å². The quantitative estimate of drug-likeness (QED) is 0.215. The molecular weight excluding hydrogens is 548 g/mol. The molecule has 0 saturated heterocycles. The van der Waals surface area contributed by atoms with Crippen LogP contribution in [0.4, 0.5) is 5.95 Å². The minimum atomic E-state index is -0.136. The first-order chi connectivity index (χ1) is 18.1. The lowest BCUT2D eigenvalue weighted by Crippen LogP contribution is -2.21. The number of hydrogen-bond acceptors (Lipinski definition) is 5. The molecule has 0 unspecified atom stereocenters. The van der Waals surface area contributed by atoms with Crippen molar-refractivity contribution in [3.05, 3.63) is 118 Å². The second kappa shape index (κ2) is 9.96. The molecule has 1 aliphatic heterocycles. The highest BCUT2D eigenvalue weighted by Gasteiger charge is 2.34. The number of para-hydroxylation sites is 1. The highest BCUT2D eigenvalue weighted by molar-refractivity contribution is 9.10. The van der Waals surface area contributed by atoms with Gasteiger partial charge in [0.2, 0.25) is 5.95 Å². The highest BCUT2D eigenvalue weighted by atomic mass is 79.9. The minimum Gasteiger partial charge on any atom is -0.496 e. The number of hydrogen-bond donors (Lipinski definition) is 0. The third kappa shape index (κ3) is 4.59. The number of fused-ring (bicyclic) bond motifs is 1. The van der Waals surface area contributed by atoms with Gasteiger partial charge in [0.1, 0.15) is 5.75 Å². The Hall–Kier alpha value is -3.74. The summed E-state index contributed by atoms with van der Waals surface area (Å²) in [5.41, 5.74) is 5.66. The lowest BCUT2D eigenvalue weighted by Gasteiger charge is -2.24. The summed E-state index contributed by atoms with van der Waals surface area (Å²) in [4.78, 5) is 10.0. The van der Waals surface area contributed by atoms with E-state index in [0.29, 0.717) is 17.4 Å². The SMILES string of the molecule is COc1ccccc1[C@H]1CC(c2ccc(Br)cc2)=NN1c1nc(-c2ccccc2)c2cc(Cl)ccc2n1. The van der Waals surface area contributed by atoms with E-state index in [1.54, 1.807) is 7.11 Å². The maximum atomic E-state index is 6.37. The van der Waals surface area contributed by atoms with Crippen LogP contribution in [0.5, 0.6) is 5.75 Å². The first kappa shape index (κ1) is 23.6. The van der Waals surface area contributed by atoms with Gasteiger partial charge in [0.05, 0.1) is 30.1 Å². The fourth-order valence-electron chi connectivity index (χ4n) is 4.70. The van der Waals surface area contributed by atoms with E-state index in [2.05, 4.69) is 34.1 Å². The van der Waals surface area contributed by atoms with Crippen molar-refractivity contribution in [2.75, 3.05) is 12.1 Å². The topological polar surface area (TPSA) is 50.6 Å². The summed E-state index contributed by atoms with van der Waals surface area (Å²) in [5.74, 6) is 1.33.